The first-order chi connectivity index (χ1) is 7.79. The Bertz CT molecular complexity index is 338. The SMILES string of the molecule is ClCCN(Cc1cccc(Br)c1)C1CCC1. The Kier molecular flexibility index (Phi) is 4.68. The van der Waals surface area contributed by atoms with Gasteiger partial charge >= 0.3 is 0 Å². The molecule has 1 aliphatic rings. The maximum Gasteiger partial charge on any atom is 0.0351 e. The van der Waals surface area contributed by atoms with Crippen molar-refractivity contribution < 1.29 is 0 Å². The average molecular weight is 303 g/mol. The van der Waals surface area contributed by atoms with Gasteiger partial charge in [-0.25, -0.2) is 0 Å². The Morgan fingerprint density at radius 1 is 1.38 bits per heavy atom. The lowest BCUT2D eigenvalue weighted by Crippen LogP contribution is -2.40. The Balaban J connectivity index is 1.98. The van der Waals surface area contributed by atoms with Crippen molar-refractivity contribution in [3.63, 3.8) is 0 Å². The molecule has 0 saturated heterocycles. The van der Waals surface area contributed by atoms with Crippen LogP contribution >= 0.6 is 27.5 Å². The van der Waals surface area contributed by atoms with Crippen molar-refractivity contribution in [2.45, 2.75) is 31.8 Å². The van der Waals surface area contributed by atoms with Gasteiger partial charge in [-0.1, -0.05) is 34.5 Å². The molecule has 0 spiro atoms. The van der Waals surface area contributed by atoms with E-state index in [9.17, 15) is 0 Å². The monoisotopic (exact) mass is 301 g/mol. The second-order valence-corrected chi connectivity index (χ2v) is 5.67. The summed E-state index contributed by atoms with van der Waals surface area (Å²) in [7, 11) is 0. The van der Waals surface area contributed by atoms with Crippen LogP contribution in [0.2, 0.25) is 0 Å². The third-order valence-corrected chi connectivity index (χ3v) is 3.90. The molecule has 1 nitrogen and oxygen atoms in total. The lowest BCUT2D eigenvalue weighted by atomic mass is 9.91. The van der Waals surface area contributed by atoms with Gasteiger partial charge in [0.25, 0.3) is 0 Å². The number of alkyl halides is 1. The molecule has 1 aliphatic carbocycles. The van der Waals surface area contributed by atoms with Gasteiger partial charge in [-0.05, 0) is 30.5 Å². The zero-order chi connectivity index (χ0) is 11.4. The van der Waals surface area contributed by atoms with E-state index in [2.05, 4.69) is 45.1 Å². The van der Waals surface area contributed by atoms with Gasteiger partial charge in [0.15, 0.2) is 0 Å². The summed E-state index contributed by atoms with van der Waals surface area (Å²) in [5.41, 5.74) is 1.37. The van der Waals surface area contributed by atoms with Gasteiger partial charge in [-0.3, -0.25) is 4.90 Å². The first kappa shape index (κ1) is 12.4. The number of halogens is 2. The smallest absolute Gasteiger partial charge is 0.0351 e. The van der Waals surface area contributed by atoms with Crippen molar-refractivity contribution in [1.29, 1.82) is 0 Å². The molecule has 0 N–H and O–H groups in total. The van der Waals surface area contributed by atoms with Crippen LogP contribution in [0.1, 0.15) is 24.8 Å². The number of nitrogens with zero attached hydrogens (tertiary/aromatic N) is 1. The fourth-order valence-electron chi connectivity index (χ4n) is 2.12. The van der Waals surface area contributed by atoms with Crippen LogP contribution in [0.3, 0.4) is 0 Å². The Labute approximate surface area is 111 Å². The van der Waals surface area contributed by atoms with Gasteiger partial charge < -0.3 is 0 Å². The van der Waals surface area contributed by atoms with Crippen LogP contribution in [0.25, 0.3) is 0 Å². The second-order valence-electron chi connectivity index (χ2n) is 4.37. The standard InChI is InChI=1S/C13H17BrClN/c14-12-4-1-3-11(9-12)10-16(8-7-15)13-5-2-6-13/h1,3-4,9,13H,2,5-8,10H2. The minimum atomic E-state index is 0.727. The molecule has 16 heavy (non-hydrogen) atoms. The highest BCUT2D eigenvalue weighted by molar-refractivity contribution is 9.10. The predicted molar refractivity (Wildman–Crippen MR) is 72.9 cm³/mol. The van der Waals surface area contributed by atoms with Crippen LogP contribution in [0.15, 0.2) is 28.7 Å². The van der Waals surface area contributed by atoms with Crippen molar-refractivity contribution in [2.75, 3.05) is 12.4 Å². The first-order valence-corrected chi connectivity index (χ1v) is 7.17. The lowest BCUT2D eigenvalue weighted by Gasteiger charge is -2.37. The van der Waals surface area contributed by atoms with E-state index in [-0.39, 0.29) is 0 Å². The van der Waals surface area contributed by atoms with E-state index in [0.717, 1.165) is 29.5 Å². The summed E-state index contributed by atoms with van der Waals surface area (Å²) >= 11 is 9.38. The largest absolute Gasteiger partial charge is 0.295 e. The number of hydrogen-bond donors (Lipinski definition) is 0. The molecule has 0 aliphatic heterocycles. The predicted octanol–water partition coefficient (Wildman–Crippen LogP) is 4.04. The van der Waals surface area contributed by atoms with Crippen molar-refractivity contribution >= 4 is 27.5 Å². The maximum atomic E-state index is 5.87. The quantitative estimate of drug-likeness (QED) is 0.742. The van der Waals surface area contributed by atoms with Crippen molar-refractivity contribution in [3.8, 4) is 0 Å². The second kappa shape index (κ2) is 6.04. The van der Waals surface area contributed by atoms with Crippen LogP contribution in [0.4, 0.5) is 0 Å². The summed E-state index contributed by atoms with van der Waals surface area (Å²) in [6, 6.07) is 9.31. The van der Waals surface area contributed by atoms with Crippen LogP contribution < -0.4 is 0 Å². The van der Waals surface area contributed by atoms with Gasteiger partial charge in [0.1, 0.15) is 0 Å². The van der Waals surface area contributed by atoms with Crippen molar-refractivity contribution in [2.24, 2.45) is 0 Å². The van der Waals surface area contributed by atoms with Gasteiger partial charge in [0.05, 0.1) is 0 Å². The molecule has 3 heteroatoms. The van der Waals surface area contributed by atoms with E-state index in [0.29, 0.717) is 0 Å². The summed E-state index contributed by atoms with van der Waals surface area (Å²) in [6.07, 6.45) is 4.05. The Morgan fingerprint density at radius 3 is 2.75 bits per heavy atom. The molecule has 2 rings (SSSR count). The van der Waals surface area contributed by atoms with E-state index in [1.54, 1.807) is 0 Å². The van der Waals surface area contributed by atoms with E-state index >= 15 is 0 Å². The molecule has 0 amide bonds. The third kappa shape index (κ3) is 3.22. The van der Waals surface area contributed by atoms with Crippen molar-refractivity contribution in [1.82, 2.24) is 4.90 Å². The molecule has 0 unspecified atom stereocenters. The van der Waals surface area contributed by atoms with Crippen LogP contribution in [-0.4, -0.2) is 23.4 Å². The lowest BCUT2D eigenvalue weighted by molar-refractivity contribution is 0.127. The van der Waals surface area contributed by atoms with Crippen molar-refractivity contribution in [3.05, 3.63) is 34.3 Å². The molecular formula is C13H17BrClN. The molecule has 88 valence electrons. The highest BCUT2D eigenvalue weighted by atomic mass is 79.9. The number of benzene rings is 1. The molecule has 1 aromatic carbocycles. The highest BCUT2D eigenvalue weighted by Gasteiger charge is 2.24. The highest BCUT2D eigenvalue weighted by Crippen LogP contribution is 2.26. The van der Waals surface area contributed by atoms with E-state index in [4.69, 9.17) is 11.6 Å². The van der Waals surface area contributed by atoms with E-state index in [1.165, 1.54) is 24.8 Å². The van der Waals surface area contributed by atoms with Crippen LogP contribution in [-0.2, 0) is 6.54 Å². The normalized spacial score (nSPS) is 16.4. The Morgan fingerprint density at radius 2 is 2.19 bits per heavy atom. The van der Waals surface area contributed by atoms with Crippen LogP contribution in [0, 0.1) is 0 Å². The van der Waals surface area contributed by atoms with Gasteiger partial charge in [-0.2, -0.15) is 0 Å². The topological polar surface area (TPSA) is 3.24 Å². The third-order valence-electron chi connectivity index (χ3n) is 3.24. The average Bonchev–Trinajstić information content (AvgIpc) is 2.15. The summed E-state index contributed by atoms with van der Waals surface area (Å²) in [5.74, 6) is 0.727. The zero-order valence-electron chi connectivity index (χ0n) is 9.33. The zero-order valence-corrected chi connectivity index (χ0v) is 11.7. The number of rotatable bonds is 5. The summed E-state index contributed by atoms with van der Waals surface area (Å²) in [6.45, 7) is 2.02. The van der Waals surface area contributed by atoms with Gasteiger partial charge in [0.2, 0.25) is 0 Å². The van der Waals surface area contributed by atoms with Gasteiger partial charge in [0, 0.05) is 29.5 Å². The van der Waals surface area contributed by atoms with Gasteiger partial charge in [-0.15, -0.1) is 11.6 Å². The van der Waals surface area contributed by atoms with E-state index < -0.39 is 0 Å². The molecule has 0 atom stereocenters. The molecule has 0 bridgehead atoms. The Hall–Kier alpha value is -0.0500. The maximum absolute atomic E-state index is 5.87. The number of hydrogen-bond acceptors (Lipinski definition) is 1. The molecule has 1 saturated carbocycles. The molecule has 1 aromatic rings. The molecular weight excluding hydrogens is 286 g/mol. The van der Waals surface area contributed by atoms with Crippen LogP contribution in [0.5, 0.6) is 0 Å². The minimum Gasteiger partial charge on any atom is -0.295 e. The summed E-state index contributed by atoms with van der Waals surface area (Å²) in [4.78, 5) is 2.51. The molecule has 1 fully saturated rings. The first-order valence-electron chi connectivity index (χ1n) is 5.84. The summed E-state index contributed by atoms with van der Waals surface area (Å²) in [5, 5.41) is 0. The minimum absolute atomic E-state index is 0.727. The molecule has 0 heterocycles. The molecule has 0 aromatic heterocycles. The molecule has 0 radical (unpaired) electrons. The fraction of sp³-hybridized carbons (Fsp3) is 0.538. The summed E-state index contributed by atoms with van der Waals surface area (Å²) < 4.78 is 1.16. The van der Waals surface area contributed by atoms with E-state index in [1.807, 2.05) is 0 Å². The fourth-order valence-corrected chi connectivity index (χ4v) is 2.78.